The van der Waals surface area contributed by atoms with Gasteiger partial charge < -0.3 is 9.88 Å². The van der Waals surface area contributed by atoms with Crippen LogP contribution in [-0.4, -0.2) is 39.4 Å². The highest BCUT2D eigenvalue weighted by Gasteiger charge is 2.55. The van der Waals surface area contributed by atoms with Crippen molar-refractivity contribution in [1.82, 2.24) is 14.8 Å². The molecule has 2 aliphatic rings. The Hall–Kier alpha value is -2.16. The number of benzene rings is 1. The molecule has 1 N–H and O–H groups in total. The standard InChI is InChI=1S/C21H22Cl2N4O3S/c1-13-4-2-3-7-21(13)18(29)27(19(30)25-21)12-17(28)24-20-26(8-9-31-20)11-14-5-6-15(22)10-16(14)23/h5-6,8-10,13H,2-4,7,11-12H2,1H3,(H,25,30). The average Bonchev–Trinajstić information content (AvgIpc) is 3.24. The largest absolute Gasteiger partial charge is 0.325 e. The molecule has 1 saturated heterocycles. The molecule has 164 valence electrons. The smallest absolute Gasteiger partial charge is 0.323 e. The maximum absolute atomic E-state index is 13.0. The zero-order valence-corrected chi connectivity index (χ0v) is 19.3. The highest BCUT2D eigenvalue weighted by atomic mass is 35.5. The predicted molar refractivity (Wildman–Crippen MR) is 119 cm³/mol. The SMILES string of the molecule is CC1CCCCC12NC(=O)N(CC(=O)N=c1sccn1Cc1ccc(Cl)cc1Cl)C2=O. The van der Waals surface area contributed by atoms with Crippen molar-refractivity contribution in [2.45, 2.75) is 44.7 Å². The minimum Gasteiger partial charge on any atom is -0.323 e. The molecule has 0 bridgehead atoms. The third kappa shape index (κ3) is 4.29. The van der Waals surface area contributed by atoms with Gasteiger partial charge in [0, 0.05) is 21.6 Å². The second kappa shape index (κ2) is 8.76. The van der Waals surface area contributed by atoms with Crippen LogP contribution in [0.3, 0.4) is 0 Å². The number of thiazole rings is 1. The van der Waals surface area contributed by atoms with Gasteiger partial charge in [0.2, 0.25) is 0 Å². The molecule has 1 aromatic carbocycles. The number of nitrogens with one attached hydrogen (secondary N) is 1. The Balaban J connectivity index is 1.51. The number of aromatic nitrogens is 1. The number of rotatable bonds is 4. The molecular weight excluding hydrogens is 459 g/mol. The molecule has 1 spiro atoms. The molecule has 1 aromatic heterocycles. The second-order valence-electron chi connectivity index (χ2n) is 7.99. The molecule has 2 atom stereocenters. The first kappa shape index (κ1) is 22.0. The zero-order chi connectivity index (χ0) is 22.2. The number of halogens is 2. The van der Waals surface area contributed by atoms with Crippen LogP contribution in [-0.2, 0) is 16.1 Å². The van der Waals surface area contributed by atoms with Gasteiger partial charge in [-0.3, -0.25) is 14.5 Å². The number of amides is 4. The maximum atomic E-state index is 13.0. The number of carbonyl (C=O) groups excluding carboxylic acids is 3. The molecule has 31 heavy (non-hydrogen) atoms. The molecular formula is C21H22Cl2N4O3S. The van der Waals surface area contributed by atoms with Crippen LogP contribution >= 0.6 is 34.5 Å². The summed E-state index contributed by atoms with van der Waals surface area (Å²) in [5.41, 5.74) is -0.0512. The van der Waals surface area contributed by atoms with E-state index in [2.05, 4.69) is 10.3 Å². The van der Waals surface area contributed by atoms with Crippen molar-refractivity contribution in [3.05, 3.63) is 50.2 Å². The Labute approximate surface area is 193 Å². The van der Waals surface area contributed by atoms with Crippen LogP contribution in [0.15, 0.2) is 34.8 Å². The van der Waals surface area contributed by atoms with Gasteiger partial charge in [-0.15, -0.1) is 11.3 Å². The summed E-state index contributed by atoms with van der Waals surface area (Å²) in [5.74, 6) is -0.832. The van der Waals surface area contributed by atoms with Crippen molar-refractivity contribution in [3.63, 3.8) is 0 Å². The van der Waals surface area contributed by atoms with Crippen LogP contribution in [0.1, 0.15) is 38.2 Å². The summed E-state index contributed by atoms with van der Waals surface area (Å²) < 4.78 is 1.79. The molecule has 1 aliphatic heterocycles. The molecule has 2 heterocycles. The lowest BCUT2D eigenvalue weighted by molar-refractivity contribution is -0.136. The number of urea groups is 1. The minimum atomic E-state index is -0.885. The molecule has 7 nitrogen and oxygen atoms in total. The van der Waals surface area contributed by atoms with E-state index in [0.29, 0.717) is 27.8 Å². The molecule has 1 aliphatic carbocycles. The summed E-state index contributed by atoms with van der Waals surface area (Å²) in [6.07, 6.45) is 5.20. The first-order chi connectivity index (χ1) is 14.8. The third-order valence-corrected chi connectivity index (χ3v) is 7.41. The van der Waals surface area contributed by atoms with Gasteiger partial charge in [0.25, 0.3) is 11.8 Å². The fraction of sp³-hybridized carbons (Fsp3) is 0.429. The monoisotopic (exact) mass is 480 g/mol. The van der Waals surface area contributed by atoms with Crippen molar-refractivity contribution in [1.29, 1.82) is 0 Å². The van der Waals surface area contributed by atoms with Gasteiger partial charge in [0.1, 0.15) is 12.1 Å². The van der Waals surface area contributed by atoms with Gasteiger partial charge in [0.15, 0.2) is 4.80 Å². The van der Waals surface area contributed by atoms with E-state index >= 15 is 0 Å². The zero-order valence-electron chi connectivity index (χ0n) is 16.9. The van der Waals surface area contributed by atoms with Crippen molar-refractivity contribution in [3.8, 4) is 0 Å². The van der Waals surface area contributed by atoms with E-state index in [0.717, 1.165) is 29.7 Å². The van der Waals surface area contributed by atoms with E-state index in [-0.39, 0.29) is 18.4 Å². The number of nitrogens with zero attached hydrogens (tertiary/aromatic N) is 3. The van der Waals surface area contributed by atoms with Crippen molar-refractivity contribution in [2.75, 3.05) is 6.54 Å². The van der Waals surface area contributed by atoms with Crippen LogP contribution in [0.2, 0.25) is 10.0 Å². The van der Waals surface area contributed by atoms with Crippen molar-refractivity contribution in [2.24, 2.45) is 10.9 Å². The molecule has 2 fully saturated rings. The van der Waals surface area contributed by atoms with Gasteiger partial charge in [-0.05, 0) is 36.5 Å². The van der Waals surface area contributed by atoms with Gasteiger partial charge in [-0.25, -0.2) is 4.79 Å². The van der Waals surface area contributed by atoms with E-state index in [4.69, 9.17) is 23.2 Å². The van der Waals surface area contributed by atoms with E-state index in [1.54, 1.807) is 22.9 Å². The number of hydrogen-bond donors (Lipinski definition) is 1. The second-order valence-corrected chi connectivity index (χ2v) is 9.71. The summed E-state index contributed by atoms with van der Waals surface area (Å²) >= 11 is 13.5. The van der Waals surface area contributed by atoms with Gasteiger partial charge in [0.05, 0.1) is 6.54 Å². The van der Waals surface area contributed by atoms with E-state index in [1.165, 1.54) is 11.3 Å². The summed E-state index contributed by atoms with van der Waals surface area (Å²) in [7, 11) is 0. The molecule has 10 heteroatoms. The van der Waals surface area contributed by atoms with Crippen molar-refractivity contribution < 1.29 is 14.4 Å². The predicted octanol–water partition coefficient (Wildman–Crippen LogP) is 3.83. The Morgan fingerprint density at radius 1 is 1.32 bits per heavy atom. The summed E-state index contributed by atoms with van der Waals surface area (Å²) in [4.78, 5) is 43.8. The fourth-order valence-corrected chi connectivity index (χ4v) is 5.47. The van der Waals surface area contributed by atoms with Gasteiger partial charge >= 0.3 is 6.03 Å². The highest BCUT2D eigenvalue weighted by molar-refractivity contribution is 7.07. The molecule has 0 radical (unpaired) electrons. The van der Waals surface area contributed by atoms with Crippen LogP contribution in [0, 0.1) is 5.92 Å². The summed E-state index contributed by atoms with van der Waals surface area (Å²) in [5, 5.41) is 5.73. The number of imide groups is 1. The Kier molecular flexibility index (Phi) is 6.23. The lowest BCUT2D eigenvalue weighted by Crippen LogP contribution is -2.54. The topological polar surface area (TPSA) is 83.8 Å². The quantitative estimate of drug-likeness (QED) is 0.674. The van der Waals surface area contributed by atoms with Crippen molar-refractivity contribution >= 4 is 52.4 Å². The van der Waals surface area contributed by atoms with E-state index in [9.17, 15) is 14.4 Å². The molecule has 2 aromatic rings. The Bertz CT molecular complexity index is 1110. The molecule has 1 saturated carbocycles. The minimum absolute atomic E-state index is 0.0401. The first-order valence-electron chi connectivity index (χ1n) is 10.1. The summed E-state index contributed by atoms with van der Waals surface area (Å²) in [6.45, 7) is 2.01. The van der Waals surface area contributed by atoms with Gasteiger partial charge in [-0.2, -0.15) is 4.99 Å². The lowest BCUT2D eigenvalue weighted by atomic mass is 9.73. The Morgan fingerprint density at radius 3 is 2.87 bits per heavy atom. The Morgan fingerprint density at radius 2 is 2.13 bits per heavy atom. The van der Waals surface area contributed by atoms with Crippen LogP contribution in [0.4, 0.5) is 4.79 Å². The summed E-state index contributed by atoms with van der Waals surface area (Å²) in [6, 6.07) is 4.71. The van der Waals surface area contributed by atoms with E-state index in [1.807, 2.05) is 18.4 Å². The lowest BCUT2D eigenvalue weighted by Gasteiger charge is -2.36. The first-order valence-corrected chi connectivity index (χ1v) is 11.7. The van der Waals surface area contributed by atoms with Crippen LogP contribution in [0.5, 0.6) is 0 Å². The third-order valence-electron chi connectivity index (χ3n) is 6.03. The van der Waals surface area contributed by atoms with Gasteiger partial charge in [-0.1, -0.05) is 49.0 Å². The fourth-order valence-electron chi connectivity index (χ4n) is 4.26. The number of hydrogen-bond acceptors (Lipinski definition) is 4. The van der Waals surface area contributed by atoms with E-state index < -0.39 is 17.5 Å². The highest BCUT2D eigenvalue weighted by Crippen LogP contribution is 2.38. The number of carbonyl (C=O) groups is 3. The maximum Gasteiger partial charge on any atom is 0.325 e. The average molecular weight is 481 g/mol. The van der Waals surface area contributed by atoms with Crippen LogP contribution < -0.4 is 10.1 Å². The van der Waals surface area contributed by atoms with Crippen LogP contribution in [0.25, 0.3) is 0 Å². The molecule has 4 amide bonds. The molecule has 4 rings (SSSR count). The normalized spacial score (nSPS) is 24.2. The molecule has 2 unspecified atom stereocenters.